The number of amides is 2. The van der Waals surface area contributed by atoms with Crippen molar-refractivity contribution in [2.75, 3.05) is 18.4 Å². The van der Waals surface area contributed by atoms with Crippen LogP contribution in [-0.4, -0.2) is 34.6 Å². The number of likely N-dealkylation sites (tertiary alicyclic amines) is 1. The molecule has 0 radical (unpaired) electrons. The Morgan fingerprint density at radius 3 is 2.74 bits per heavy atom. The van der Waals surface area contributed by atoms with Crippen molar-refractivity contribution in [3.63, 3.8) is 0 Å². The van der Waals surface area contributed by atoms with Crippen molar-refractivity contribution in [2.24, 2.45) is 0 Å². The Balaban J connectivity index is 1.91. The predicted molar refractivity (Wildman–Crippen MR) is 75.1 cm³/mol. The third-order valence-corrected chi connectivity index (χ3v) is 5.03. The van der Waals surface area contributed by atoms with Crippen LogP contribution in [0.25, 0.3) is 0 Å². The van der Waals surface area contributed by atoms with Gasteiger partial charge in [-0.15, -0.1) is 0 Å². The zero-order valence-electron chi connectivity index (χ0n) is 10.8. The fraction of sp³-hybridized carbons (Fsp3) is 0.429. The number of benzene rings is 1. The van der Waals surface area contributed by atoms with Crippen molar-refractivity contribution in [2.45, 2.75) is 29.4 Å². The van der Waals surface area contributed by atoms with Crippen LogP contribution in [-0.2, 0) is 9.59 Å². The van der Waals surface area contributed by atoms with E-state index in [2.05, 4.69) is 5.32 Å². The van der Waals surface area contributed by atoms with Crippen LogP contribution in [0.5, 0.6) is 0 Å². The van der Waals surface area contributed by atoms with Gasteiger partial charge in [-0.25, -0.2) is 0 Å². The molecule has 1 atom stereocenters. The lowest BCUT2D eigenvalue weighted by Crippen LogP contribution is -2.52. The average molecular weight is 276 g/mol. The molecule has 100 valence electrons. The highest BCUT2D eigenvalue weighted by atomic mass is 32.2. The number of carbonyl (C=O) groups is 2. The normalized spacial score (nSPS) is 25.9. The Morgan fingerprint density at radius 1 is 1.32 bits per heavy atom. The molecule has 2 heterocycles. The Kier molecular flexibility index (Phi) is 3.01. The molecule has 0 aliphatic carbocycles. The van der Waals surface area contributed by atoms with Crippen LogP contribution in [0, 0.1) is 0 Å². The summed E-state index contributed by atoms with van der Waals surface area (Å²) in [6, 6.07) is 7.60. The fourth-order valence-electron chi connectivity index (χ4n) is 2.53. The van der Waals surface area contributed by atoms with Crippen LogP contribution < -0.4 is 5.32 Å². The van der Waals surface area contributed by atoms with Crippen LogP contribution in [0.15, 0.2) is 29.2 Å². The van der Waals surface area contributed by atoms with Gasteiger partial charge in [0, 0.05) is 18.0 Å². The van der Waals surface area contributed by atoms with Gasteiger partial charge in [0.15, 0.2) is 4.75 Å². The molecule has 19 heavy (non-hydrogen) atoms. The van der Waals surface area contributed by atoms with E-state index in [0.717, 1.165) is 36.5 Å². The highest BCUT2D eigenvalue weighted by Crippen LogP contribution is 2.43. The molecule has 0 spiro atoms. The number of nitrogens with one attached hydrogen (secondary N) is 1. The van der Waals surface area contributed by atoms with E-state index >= 15 is 0 Å². The highest BCUT2D eigenvalue weighted by Gasteiger charge is 2.48. The first-order chi connectivity index (χ1) is 9.11. The molecular formula is C14H16N2O2S. The summed E-state index contributed by atoms with van der Waals surface area (Å²) in [5.74, 6) is -0.282. The second-order valence-electron chi connectivity index (χ2n) is 5.08. The summed E-state index contributed by atoms with van der Waals surface area (Å²) in [4.78, 5) is 27.6. The van der Waals surface area contributed by atoms with Gasteiger partial charge >= 0.3 is 0 Å². The molecule has 1 saturated heterocycles. The van der Waals surface area contributed by atoms with Gasteiger partial charge in [-0.1, -0.05) is 23.9 Å². The molecule has 0 aromatic heterocycles. The summed E-state index contributed by atoms with van der Waals surface area (Å²) in [5, 5.41) is 2.85. The van der Waals surface area contributed by atoms with E-state index in [-0.39, 0.29) is 11.8 Å². The molecule has 3 rings (SSSR count). The lowest BCUT2D eigenvalue weighted by Gasteiger charge is -2.34. The highest BCUT2D eigenvalue weighted by molar-refractivity contribution is 8.02. The first-order valence-electron chi connectivity index (χ1n) is 6.50. The van der Waals surface area contributed by atoms with Crippen molar-refractivity contribution < 1.29 is 9.59 Å². The number of fused-ring (bicyclic) bond motifs is 1. The summed E-state index contributed by atoms with van der Waals surface area (Å²) in [6.45, 7) is 3.26. The number of anilines is 1. The lowest BCUT2D eigenvalue weighted by atomic mass is 10.1. The van der Waals surface area contributed by atoms with Gasteiger partial charge in [0.05, 0.1) is 5.69 Å². The van der Waals surface area contributed by atoms with Crippen LogP contribution in [0.2, 0.25) is 0 Å². The topological polar surface area (TPSA) is 49.4 Å². The number of hydrogen-bond donors (Lipinski definition) is 1. The second kappa shape index (κ2) is 4.56. The second-order valence-corrected chi connectivity index (χ2v) is 6.55. The van der Waals surface area contributed by atoms with E-state index in [1.165, 1.54) is 11.8 Å². The summed E-state index contributed by atoms with van der Waals surface area (Å²) in [5.41, 5.74) is 0.796. The van der Waals surface area contributed by atoms with Crippen LogP contribution in [0.4, 0.5) is 5.69 Å². The van der Waals surface area contributed by atoms with Gasteiger partial charge in [-0.05, 0) is 31.9 Å². The van der Waals surface area contributed by atoms with Crippen LogP contribution in [0.3, 0.4) is 0 Å². The predicted octanol–water partition coefficient (Wildman–Crippen LogP) is 2.11. The Bertz CT molecular complexity index is 540. The smallest absolute Gasteiger partial charge is 0.250 e. The average Bonchev–Trinajstić information content (AvgIpc) is 2.93. The molecule has 2 amide bonds. The van der Waals surface area contributed by atoms with Crippen molar-refractivity contribution in [3.05, 3.63) is 24.3 Å². The Hall–Kier alpha value is -1.49. The maximum Gasteiger partial charge on any atom is 0.250 e. The van der Waals surface area contributed by atoms with Gasteiger partial charge in [-0.2, -0.15) is 0 Å². The van der Waals surface area contributed by atoms with Gasteiger partial charge in [-0.3, -0.25) is 9.59 Å². The number of nitrogens with zero attached hydrogens (tertiary/aromatic N) is 1. The number of thioether (sulfide) groups is 1. The quantitative estimate of drug-likeness (QED) is 0.799. The van der Waals surface area contributed by atoms with Crippen molar-refractivity contribution >= 4 is 29.3 Å². The largest absolute Gasteiger partial charge is 0.341 e. The minimum Gasteiger partial charge on any atom is -0.341 e. The maximum absolute atomic E-state index is 12.6. The molecule has 0 saturated carbocycles. The van der Waals surface area contributed by atoms with Gasteiger partial charge < -0.3 is 10.2 Å². The molecule has 5 heteroatoms. The minimum absolute atomic E-state index is 0.0676. The zero-order chi connectivity index (χ0) is 13.5. The van der Waals surface area contributed by atoms with Crippen LogP contribution in [0.1, 0.15) is 19.8 Å². The van der Waals surface area contributed by atoms with E-state index in [1.807, 2.05) is 24.3 Å². The van der Waals surface area contributed by atoms with E-state index in [0.29, 0.717) is 0 Å². The van der Waals surface area contributed by atoms with E-state index in [9.17, 15) is 9.59 Å². The van der Waals surface area contributed by atoms with Crippen LogP contribution >= 0.6 is 11.8 Å². The third kappa shape index (κ3) is 2.02. The first-order valence-corrected chi connectivity index (χ1v) is 7.32. The number of para-hydroxylation sites is 1. The van der Waals surface area contributed by atoms with Gasteiger partial charge in [0.1, 0.15) is 0 Å². The summed E-state index contributed by atoms with van der Waals surface area (Å²) in [7, 11) is 0. The molecule has 1 aromatic carbocycles. The third-order valence-electron chi connectivity index (χ3n) is 3.68. The van der Waals surface area contributed by atoms with Crippen molar-refractivity contribution in [1.29, 1.82) is 0 Å². The van der Waals surface area contributed by atoms with Crippen molar-refractivity contribution in [1.82, 2.24) is 4.90 Å². The van der Waals surface area contributed by atoms with Crippen molar-refractivity contribution in [3.8, 4) is 0 Å². The van der Waals surface area contributed by atoms with Gasteiger partial charge in [0.25, 0.3) is 0 Å². The minimum atomic E-state index is -1.04. The Morgan fingerprint density at radius 2 is 2.00 bits per heavy atom. The fourth-order valence-corrected chi connectivity index (χ4v) is 3.71. The molecule has 0 bridgehead atoms. The molecule has 2 aliphatic rings. The number of carbonyl (C=O) groups excluding carboxylic acids is 2. The molecule has 4 nitrogen and oxygen atoms in total. The standard InChI is InChI=1S/C14H16N2O2S/c1-14(13(18)16-8-4-5-9-16)12(17)15-10-6-2-3-7-11(10)19-14/h2-3,6-7H,4-5,8-9H2,1H3,(H,15,17)/t14-/m0/s1. The maximum atomic E-state index is 12.6. The monoisotopic (exact) mass is 276 g/mol. The van der Waals surface area contributed by atoms with E-state index < -0.39 is 4.75 Å². The van der Waals surface area contributed by atoms with Gasteiger partial charge in [0.2, 0.25) is 11.8 Å². The molecule has 0 unspecified atom stereocenters. The lowest BCUT2D eigenvalue weighted by molar-refractivity contribution is -0.136. The molecule has 1 aromatic rings. The summed E-state index contributed by atoms with van der Waals surface area (Å²) in [6.07, 6.45) is 2.06. The molecule has 1 N–H and O–H groups in total. The van der Waals surface area contributed by atoms with E-state index in [1.54, 1.807) is 11.8 Å². The summed E-state index contributed by atoms with van der Waals surface area (Å²) >= 11 is 1.36. The SMILES string of the molecule is C[C@]1(C(=O)N2CCCC2)Sc2ccccc2NC1=O. The zero-order valence-corrected chi connectivity index (χ0v) is 11.6. The number of hydrogen-bond acceptors (Lipinski definition) is 3. The van der Waals surface area contributed by atoms with E-state index in [4.69, 9.17) is 0 Å². The first kappa shape index (κ1) is 12.5. The molecule has 1 fully saturated rings. The summed E-state index contributed by atoms with van der Waals surface area (Å²) < 4.78 is -1.04. The Labute approximate surface area is 116 Å². The number of rotatable bonds is 1. The molecule has 2 aliphatic heterocycles. The molecular weight excluding hydrogens is 260 g/mol.